The van der Waals surface area contributed by atoms with Crippen molar-refractivity contribution in [2.24, 2.45) is 5.92 Å². The van der Waals surface area contributed by atoms with Gasteiger partial charge in [-0.15, -0.1) is 0 Å². The second-order valence-corrected chi connectivity index (χ2v) is 5.47. The lowest BCUT2D eigenvalue weighted by Gasteiger charge is -2.07. The van der Waals surface area contributed by atoms with Gasteiger partial charge in [-0.3, -0.25) is 9.36 Å². The fourth-order valence-corrected chi connectivity index (χ4v) is 1.53. The van der Waals surface area contributed by atoms with Crippen LogP contribution in [0.25, 0.3) is 0 Å². The average molecular weight is 223 g/mol. The maximum absolute atomic E-state index is 11.1. The fourth-order valence-electron chi connectivity index (χ4n) is 0.956. The summed E-state index contributed by atoms with van der Waals surface area (Å²) < 4.78 is 10.4. The molecule has 0 spiro atoms. The molecular formula is C8H18NO4P. The van der Waals surface area contributed by atoms with Crippen LogP contribution in [0.15, 0.2) is 0 Å². The van der Waals surface area contributed by atoms with Crippen molar-refractivity contribution >= 4 is 13.5 Å². The molecule has 0 saturated carbocycles. The minimum absolute atomic E-state index is 0.0642. The van der Waals surface area contributed by atoms with Crippen molar-refractivity contribution in [1.82, 2.24) is 5.32 Å². The molecular weight excluding hydrogens is 205 g/mol. The smallest absolute Gasteiger partial charge is 0.325 e. The zero-order chi connectivity index (χ0) is 11.2. The Hall–Kier alpha value is -0.380. The lowest BCUT2D eigenvalue weighted by molar-refractivity contribution is -0.121. The number of nitrogens with one attached hydrogen (secondary N) is 1. The molecule has 0 atom stereocenters. The summed E-state index contributed by atoms with van der Waals surface area (Å²) in [6.45, 7) is 4.21. The van der Waals surface area contributed by atoms with Crippen molar-refractivity contribution < 1.29 is 19.1 Å². The molecule has 6 heteroatoms. The highest BCUT2D eigenvalue weighted by Crippen LogP contribution is 2.34. The van der Waals surface area contributed by atoms with E-state index >= 15 is 0 Å². The Balaban J connectivity index is 3.46. The molecule has 0 radical (unpaired) electrons. The molecule has 0 aromatic carbocycles. The van der Waals surface area contributed by atoms with Gasteiger partial charge in [0.1, 0.15) is 0 Å². The van der Waals surface area contributed by atoms with Gasteiger partial charge in [0.05, 0.1) is 6.16 Å². The minimum Gasteiger partial charge on any atom is -0.356 e. The Kier molecular flexibility index (Phi) is 6.00. The first-order valence-corrected chi connectivity index (χ1v) is 6.42. The summed E-state index contributed by atoms with van der Waals surface area (Å²) in [4.78, 5) is 28.1. The van der Waals surface area contributed by atoms with Gasteiger partial charge in [-0.05, 0) is 12.3 Å². The molecule has 0 aliphatic heterocycles. The normalized spacial score (nSPS) is 11.8. The lowest BCUT2D eigenvalue weighted by Crippen LogP contribution is -2.25. The van der Waals surface area contributed by atoms with E-state index in [1.54, 1.807) is 0 Å². The van der Waals surface area contributed by atoms with Gasteiger partial charge in [-0.1, -0.05) is 13.8 Å². The quantitative estimate of drug-likeness (QED) is 0.457. The van der Waals surface area contributed by atoms with Gasteiger partial charge in [0, 0.05) is 13.0 Å². The van der Waals surface area contributed by atoms with Crippen LogP contribution in [0.3, 0.4) is 0 Å². The average Bonchev–Trinajstić information content (AvgIpc) is 1.95. The number of rotatable bonds is 6. The van der Waals surface area contributed by atoms with Crippen LogP contribution in [0.1, 0.15) is 26.7 Å². The molecule has 5 nitrogen and oxygen atoms in total. The van der Waals surface area contributed by atoms with Gasteiger partial charge in [0.15, 0.2) is 0 Å². The van der Waals surface area contributed by atoms with Crippen LogP contribution in [0.2, 0.25) is 0 Å². The zero-order valence-corrected chi connectivity index (χ0v) is 9.46. The van der Waals surface area contributed by atoms with Crippen molar-refractivity contribution in [3.63, 3.8) is 0 Å². The van der Waals surface area contributed by atoms with Gasteiger partial charge < -0.3 is 15.1 Å². The van der Waals surface area contributed by atoms with E-state index in [9.17, 15) is 9.36 Å². The molecule has 1 amide bonds. The summed E-state index contributed by atoms with van der Waals surface area (Å²) in [7, 11) is -3.90. The van der Waals surface area contributed by atoms with Gasteiger partial charge >= 0.3 is 7.60 Å². The summed E-state index contributed by atoms with van der Waals surface area (Å²) in [6, 6.07) is 0. The molecule has 0 unspecified atom stereocenters. The Bertz CT molecular complexity index is 223. The first kappa shape index (κ1) is 13.6. The molecule has 3 N–H and O–H groups in total. The lowest BCUT2D eigenvalue weighted by atomic mass is 10.1. The third kappa shape index (κ3) is 9.71. The van der Waals surface area contributed by atoms with E-state index < -0.39 is 7.60 Å². The van der Waals surface area contributed by atoms with Crippen molar-refractivity contribution in [2.45, 2.75) is 26.7 Å². The molecule has 14 heavy (non-hydrogen) atoms. The molecule has 84 valence electrons. The van der Waals surface area contributed by atoms with Crippen molar-refractivity contribution in [1.29, 1.82) is 0 Å². The molecule has 0 aliphatic rings. The second kappa shape index (κ2) is 6.17. The van der Waals surface area contributed by atoms with Crippen molar-refractivity contribution in [3.8, 4) is 0 Å². The Morgan fingerprint density at radius 2 is 2.00 bits per heavy atom. The molecule has 0 saturated heterocycles. The predicted molar refractivity (Wildman–Crippen MR) is 54.0 cm³/mol. The van der Waals surface area contributed by atoms with E-state index in [1.807, 2.05) is 13.8 Å². The summed E-state index contributed by atoms with van der Waals surface area (Å²) >= 11 is 0. The summed E-state index contributed by atoms with van der Waals surface area (Å²) in [5.74, 6) is 0.238. The molecule has 0 aromatic heterocycles. The van der Waals surface area contributed by atoms with Gasteiger partial charge in [-0.25, -0.2) is 0 Å². The topological polar surface area (TPSA) is 86.6 Å². The molecule has 0 aromatic rings. The molecule has 0 rings (SSSR count). The maximum atomic E-state index is 11.1. The third-order valence-corrected chi connectivity index (χ3v) is 2.44. The SMILES string of the molecule is CC(C)CC(=O)NCCCP(=O)(O)O. The Labute approximate surface area is 84.1 Å². The molecule has 0 bridgehead atoms. The van der Waals surface area contributed by atoms with E-state index in [4.69, 9.17) is 9.79 Å². The third-order valence-electron chi connectivity index (χ3n) is 1.54. The highest BCUT2D eigenvalue weighted by atomic mass is 31.2. The predicted octanol–water partition coefficient (Wildman–Crippen LogP) is 0.716. The van der Waals surface area contributed by atoms with E-state index in [-0.39, 0.29) is 12.1 Å². The largest absolute Gasteiger partial charge is 0.356 e. The monoisotopic (exact) mass is 223 g/mol. The summed E-state index contributed by atoms with van der Waals surface area (Å²) in [6.07, 6.45) is 0.596. The first-order valence-electron chi connectivity index (χ1n) is 4.62. The van der Waals surface area contributed by atoms with Crippen LogP contribution in [0.4, 0.5) is 0 Å². The van der Waals surface area contributed by atoms with Crippen LogP contribution >= 0.6 is 7.60 Å². The molecule has 0 fully saturated rings. The summed E-state index contributed by atoms with van der Waals surface area (Å²) in [5.41, 5.74) is 0. The fraction of sp³-hybridized carbons (Fsp3) is 0.875. The van der Waals surface area contributed by atoms with Gasteiger partial charge in [0.25, 0.3) is 0 Å². The highest BCUT2D eigenvalue weighted by Gasteiger charge is 2.11. The Morgan fingerprint density at radius 3 is 2.43 bits per heavy atom. The number of carbonyl (C=O) groups excluding carboxylic acids is 1. The molecule has 0 heterocycles. The number of amides is 1. The number of hydrogen-bond donors (Lipinski definition) is 3. The van der Waals surface area contributed by atoms with Gasteiger partial charge in [0.2, 0.25) is 5.91 Å². The standard InChI is InChI=1S/C8H18NO4P/c1-7(2)6-8(10)9-4-3-5-14(11,12)13/h7H,3-6H2,1-2H3,(H,9,10)(H2,11,12,13). The van der Waals surface area contributed by atoms with Crippen LogP contribution in [0.5, 0.6) is 0 Å². The number of hydrogen-bond acceptors (Lipinski definition) is 2. The maximum Gasteiger partial charge on any atom is 0.325 e. The summed E-state index contributed by atoms with van der Waals surface area (Å²) in [5, 5.41) is 2.60. The number of carbonyl (C=O) groups is 1. The first-order chi connectivity index (χ1) is 6.31. The van der Waals surface area contributed by atoms with Crippen molar-refractivity contribution in [2.75, 3.05) is 12.7 Å². The molecule has 0 aliphatic carbocycles. The zero-order valence-electron chi connectivity index (χ0n) is 8.56. The highest BCUT2D eigenvalue weighted by molar-refractivity contribution is 7.51. The van der Waals surface area contributed by atoms with Crippen molar-refractivity contribution in [3.05, 3.63) is 0 Å². The van der Waals surface area contributed by atoms with E-state index in [2.05, 4.69) is 5.32 Å². The van der Waals surface area contributed by atoms with Crippen LogP contribution < -0.4 is 5.32 Å². The van der Waals surface area contributed by atoms with Crippen LogP contribution in [-0.2, 0) is 9.36 Å². The second-order valence-electron chi connectivity index (χ2n) is 3.69. The van der Waals surface area contributed by atoms with E-state index in [1.165, 1.54) is 0 Å². The minimum atomic E-state index is -3.90. The van der Waals surface area contributed by atoms with Crippen LogP contribution in [0, 0.1) is 5.92 Å². The van der Waals surface area contributed by atoms with Crippen LogP contribution in [-0.4, -0.2) is 28.4 Å². The Morgan fingerprint density at radius 1 is 1.43 bits per heavy atom. The van der Waals surface area contributed by atoms with Gasteiger partial charge in [-0.2, -0.15) is 0 Å². The van der Waals surface area contributed by atoms with E-state index in [0.717, 1.165) is 0 Å². The van der Waals surface area contributed by atoms with E-state index in [0.29, 0.717) is 25.3 Å².